The lowest BCUT2D eigenvalue weighted by Crippen LogP contribution is -2.03. The standard InChI is InChI=1S/C19H28O4/c1-3-17-15(12-14-18(17)21)11-13-16(20)9-7-5-4-6-8-10-19(22)23-2/h16,20H,3-10,12,14H2,1-2H3. The van der Waals surface area contributed by atoms with E-state index in [1.807, 2.05) is 6.92 Å². The zero-order chi connectivity index (χ0) is 17.1. The molecule has 23 heavy (non-hydrogen) atoms. The van der Waals surface area contributed by atoms with Crippen molar-refractivity contribution >= 4 is 11.8 Å². The van der Waals surface area contributed by atoms with Gasteiger partial charge in [-0.05, 0) is 32.1 Å². The highest BCUT2D eigenvalue weighted by atomic mass is 16.5. The highest BCUT2D eigenvalue weighted by Crippen LogP contribution is 2.24. The quantitative estimate of drug-likeness (QED) is 0.402. The number of carbonyl (C=O) groups is 2. The molecule has 1 atom stereocenters. The molecular weight excluding hydrogens is 292 g/mol. The fourth-order valence-electron chi connectivity index (χ4n) is 2.74. The molecule has 0 saturated heterocycles. The Kier molecular flexibility index (Phi) is 9.31. The van der Waals surface area contributed by atoms with Gasteiger partial charge in [-0.1, -0.05) is 38.0 Å². The first-order chi connectivity index (χ1) is 11.1. The Morgan fingerprint density at radius 3 is 2.61 bits per heavy atom. The third-order valence-corrected chi connectivity index (χ3v) is 4.13. The number of carbonyl (C=O) groups excluding carboxylic acids is 2. The molecule has 128 valence electrons. The molecule has 0 spiro atoms. The topological polar surface area (TPSA) is 63.6 Å². The molecule has 0 fully saturated rings. The van der Waals surface area contributed by atoms with E-state index in [1.165, 1.54) is 7.11 Å². The molecule has 1 aliphatic carbocycles. The summed E-state index contributed by atoms with van der Waals surface area (Å²) in [5.74, 6) is 5.92. The van der Waals surface area contributed by atoms with E-state index in [-0.39, 0.29) is 11.8 Å². The molecule has 1 aliphatic rings. The fraction of sp³-hybridized carbons (Fsp3) is 0.684. The Balaban J connectivity index is 2.17. The predicted molar refractivity (Wildman–Crippen MR) is 89.7 cm³/mol. The first-order valence-corrected chi connectivity index (χ1v) is 8.60. The number of aliphatic hydroxyl groups excluding tert-OH is 1. The van der Waals surface area contributed by atoms with E-state index in [9.17, 15) is 14.7 Å². The van der Waals surface area contributed by atoms with Gasteiger partial charge in [0.25, 0.3) is 0 Å². The van der Waals surface area contributed by atoms with Crippen molar-refractivity contribution in [2.75, 3.05) is 7.11 Å². The second kappa shape index (κ2) is 11.0. The van der Waals surface area contributed by atoms with E-state index in [2.05, 4.69) is 16.6 Å². The lowest BCUT2D eigenvalue weighted by Gasteiger charge is -2.04. The minimum atomic E-state index is -0.619. The van der Waals surface area contributed by atoms with Crippen LogP contribution in [0.4, 0.5) is 0 Å². The van der Waals surface area contributed by atoms with Gasteiger partial charge in [0.1, 0.15) is 6.10 Å². The van der Waals surface area contributed by atoms with Crippen molar-refractivity contribution in [2.24, 2.45) is 0 Å². The average Bonchev–Trinajstić information content (AvgIpc) is 2.91. The van der Waals surface area contributed by atoms with Crippen LogP contribution >= 0.6 is 0 Å². The van der Waals surface area contributed by atoms with Gasteiger partial charge >= 0.3 is 5.97 Å². The molecule has 0 heterocycles. The molecule has 4 nitrogen and oxygen atoms in total. The first-order valence-electron chi connectivity index (χ1n) is 8.60. The zero-order valence-electron chi connectivity index (χ0n) is 14.3. The molecule has 4 heteroatoms. The summed E-state index contributed by atoms with van der Waals surface area (Å²) in [5.41, 5.74) is 1.76. The second-order valence-corrected chi connectivity index (χ2v) is 5.90. The normalized spacial score (nSPS) is 15.3. The smallest absolute Gasteiger partial charge is 0.305 e. The van der Waals surface area contributed by atoms with Crippen molar-refractivity contribution in [3.63, 3.8) is 0 Å². The minimum Gasteiger partial charge on any atom is -0.469 e. The Labute approximate surface area is 139 Å². The number of allylic oxidation sites excluding steroid dienone is 2. The molecule has 0 aromatic heterocycles. The number of aliphatic hydroxyl groups is 1. The van der Waals surface area contributed by atoms with Crippen LogP contribution in [0, 0.1) is 11.8 Å². The largest absolute Gasteiger partial charge is 0.469 e. The maximum Gasteiger partial charge on any atom is 0.305 e. The second-order valence-electron chi connectivity index (χ2n) is 5.90. The summed E-state index contributed by atoms with van der Waals surface area (Å²) in [6.45, 7) is 1.97. The van der Waals surface area contributed by atoms with Gasteiger partial charge < -0.3 is 9.84 Å². The van der Waals surface area contributed by atoms with Crippen molar-refractivity contribution in [1.82, 2.24) is 0 Å². The van der Waals surface area contributed by atoms with Crippen LogP contribution in [0.25, 0.3) is 0 Å². The van der Waals surface area contributed by atoms with Crippen LogP contribution in [-0.4, -0.2) is 30.1 Å². The van der Waals surface area contributed by atoms with E-state index in [0.29, 0.717) is 19.3 Å². The number of ether oxygens (including phenoxy) is 1. The van der Waals surface area contributed by atoms with Crippen molar-refractivity contribution in [3.8, 4) is 11.8 Å². The molecule has 0 aromatic carbocycles. The molecule has 0 saturated carbocycles. The molecule has 0 amide bonds. The van der Waals surface area contributed by atoms with E-state index < -0.39 is 6.10 Å². The lowest BCUT2D eigenvalue weighted by molar-refractivity contribution is -0.140. The molecule has 1 unspecified atom stereocenters. The molecule has 0 bridgehead atoms. The average molecular weight is 320 g/mol. The predicted octanol–water partition coefficient (Wildman–Crippen LogP) is 3.32. The van der Waals surface area contributed by atoms with Crippen molar-refractivity contribution in [1.29, 1.82) is 0 Å². The summed E-state index contributed by atoms with van der Waals surface area (Å²) in [6, 6.07) is 0. The molecule has 1 rings (SSSR count). The number of methoxy groups -OCH3 is 1. The van der Waals surface area contributed by atoms with Crippen molar-refractivity contribution in [3.05, 3.63) is 11.1 Å². The van der Waals surface area contributed by atoms with Gasteiger partial charge in [0.05, 0.1) is 7.11 Å². The maximum absolute atomic E-state index is 11.6. The van der Waals surface area contributed by atoms with Crippen LogP contribution in [0.15, 0.2) is 11.1 Å². The van der Waals surface area contributed by atoms with Gasteiger partial charge in [-0.25, -0.2) is 0 Å². The number of Topliss-reactive ketones (excluding diaryl/α,β-unsaturated/α-hetero) is 1. The number of rotatable bonds is 9. The zero-order valence-corrected chi connectivity index (χ0v) is 14.3. The third-order valence-electron chi connectivity index (χ3n) is 4.13. The van der Waals surface area contributed by atoms with Crippen LogP contribution < -0.4 is 0 Å². The fourth-order valence-corrected chi connectivity index (χ4v) is 2.74. The highest BCUT2D eigenvalue weighted by Gasteiger charge is 2.19. The van der Waals surface area contributed by atoms with Crippen LogP contribution in [-0.2, 0) is 14.3 Å². The number of hydrogen-bond acceptors (Lipinski definition) is 4. The third kappa shape index (κ3) is 7.47. The van der Waals surface area contributed by atoms with Crippen molar-refractivity contribution in [2.45, 2.75) is 77.2 Å². The van der Waals surface area contributed by atoms with Gasteiger partial charge in [-0.3, -0.25) is 9.59 Å². The number of ketones is 1. The monoisotopic (exact) mass is 320 g/mol. The highest BCUT2D eigenvalue weighted by molar-refractivity contribution is 5.99. The van der Waals surface area contributed by atoms with E-state index >= 15 is 0 Å². The Hall–Kier alpha value is -1.60. The Morgan fingerprint density at radius 1 is 1.22 bits per heavy atom. The van der Waals surface area contributed by atoms with Gasteiger partial charge in [0.15, 0.2) is 5.78 Å². The number of hydrogen-bond donors (Lipinski definition) is 1. The summed E-state index contributed by atoms with van der Waals surface area (Å²) in [5, 5.41) is 9.90. The SMILES string of the molecule is CCC1=C(C#CC(O)CCCCCCCC(=O)OC)CCC1=O. The molecule has 0 aromatic rings. The summed E-state index contributed by atoms with van der Waals surface area (Å²) >= 11 is 0. The van der Waals surface area contributed by atoms with Gasteiger partial charge in [0.2, 0.25) is 0 Å². The first kappa shape index (κ1) is 19.4. The molecular formula is C19H28O4. The molecule has 0 aliphatic heterocycles. The van der Waals surface area contributed by atoms with Gasteiger partial charge in [0, 0.05) is 24.0 Å². The summed E-state index contributed by atoms with van der Waals surface area (Å²) < 4.78 is 4.59. The van der Waals surface area contributed by atoms with Crippen LogP contribution in [0.3, 0.4) is 0 Å². The summed E-state index contributed by atoms with van der Waals surface area (Å²) in [7, 11) is 1.41. The van der Waals surface area contributed by atoms with Crippen LogP contribution in [0.2, 0.25) is 0 Å². The van der Waals surface area contributed by atoms with Gasteiger partial charge in [-0.2, -0.15) is 0 Å². The van der Waals surface area contributed by atoms with E-state index in [4.69, 9.17) is 0 Å². The van der Waals surface area contributed by atoms with Crippen LogP contribution in [0.1, 0.15) is 71.1 Å². The van der Waals surface area contributed by atoms with Crippen LogP contribution in [0.5, 0.6) is 0 Å². The van der Waals surface area contributed by atoms with Crippen molar-refractivity contribution < 1.29 is 19.4 Å². The number of unbranched alkanes of at least 4 members (excludes halogenated alkanes) is 4. The molecule has 0 radical (unpaired) electrons. The maximum atomic E-state index is 11.6. The lowest BCUT2D eigenvalue weighted by atomic mass is 10.1. The molecule has 1 N–H and O–H groups in total. The summed E-state index contributed by atoms with van der Waals surface area (Å²) in [4.78, 5) is 22.5. The number of esters is 1. The Morgan fingerprint density at radius 2 is 1.91 bits per heavy atom. The van der Waals surface area contributed by atoms with E-state index in [0.717, 1.165) is 56.1 Å². The van der Waals surface area contributed by atoms with E-state index in [1.54, 1.807) is 0 Å². The minimum absolute atomic E-state index is 0.151. The summed E-state index contributed by atoms with van der Waals surface area (Å²) in [6.07, 6.45) is 7.41. The van der Waals surface area contributed by atoms with Gasteiger partial charge in [-0.15, -0.1) is 0 Å². The Bertz CT molecular complexity index is 493.